The Balaban J connectivity index is 2.85. The number of hydrogen-bond acceptors (Lipinski definition) is 3. The highest BCUT2D eigenvalue weighted by Gasteiger charge is 2.22. The Morgan fingerprint density at radius 3 is 2.44 bits per heavy atom. The summed E-state index contributed by atoms with van der Waals surface area (Å²) in [4.78, 5) is 20.9. The van der Waals surface area contributed by atoms with Gasteiger partial charge >= 0.3 is 5.91 Å². The van der Waals surface area contributed by atoms with Crippen LogP contribution in [-0.2, 0) is 9.59 Å². The van der Waals surface area contributed by atoms with Gasteiger partial charge in [-0.15, -0.1) is 0 Å². The topological polar surface area (TPSA) is 49.7 Å². The molecule has 0 saturated heterocycles. The van der Waals surface area contributed by atoms with E-state index in [4.69, 9.17) is 0 Å². The van der Waals surface area contributed by atoms with E-state index >= 15 is 0 Å². The Hall–Kier alpha value is -1.45. The van der Waals surface area contributed by atoms with Gasteiger partial charge < -0.3 is 0 Å². The van der Waals surface area contributed by atoms with Crippen molar-refractivity contribution in [1.82, 2.24) is 5.01 Å². The number of carbonyl (C=O) groups excluding carboxylic acids is 2. The van der Waals surface area contributed by atoms with Gasteiger partial charge in [-0.25, -0.2) is 5.01 Å². The molecule has 0 atom stereocenters. The normalized spacial score (nSPS) is 17.1. The molecule has 1 aliphatic rings. The second-order valence-corrected chi connectivity index (χ2v) is 1.47. The van der Waals surface area contributed by atoms with Crippen LogP contribution >= 0.6 is 0 Å². The Morgan fingerprint density at radius 2 is 2.22 bits per heavy atom. The molecule has 0 radical (unpaired) electrons. The van der Waals surface area contributed by atoms with Crippen molar-refractivity contribution < 1.29 is 9.59 Å². The SMILES string of the molecule is C=NN1C=CC(=O)C1=O. The van der Waals surface area contributed by atoms with Crippen LogP contribution in [0.3, 0.4) is 0 Å². The maximum atomic E-state index is 10.5. The standard InChI is InChI=1S/C5H4N2O2/c1-6-7-3-2-4(8)5(7)9/h2-3H,1H2. The van der Waals surface area contributed by atoms with Crippen molar-refractivity contribution in [3.8, 4) is 0 Å². The third-order valence-electron chi connectivity index (χ3n) is 0.938. The first-order valence-electron chi connectivity index (χ1n) is 2.28. The lowest BCUT2D eigenvalue weighted by atomic mass is 10.4. The Morgan fingerprint density at radius 1 is 1.56 bits per heavy atom. The zero-order valence-electron chi connectivity index (χ0n) is 4.57. The highest BCUT2D eigenvalue weighted by atomic mass is 16.2. The number of carbonyl (C=O) groups is 2. The molecule has 1 aliphatic heterocycles. The molecule has 4 heteroatoms. The summed E-state index contributed by atoms with van der Waals surface area (Å²) in [5.74, 6) is -1.20. The smallest absolute Gasteiger partial charge is 0.284 e. The zero-order chi connectivity index (χ0) is 6.85. The van der Waals surface area contributed by atoms with Gasteiger partial charge in [-0.3, -0.25) is 9.59 Å². The molecule has 1 rings (SSSR count). The predicted octanol–water partition coefficient (Wildman–Crippen LogP) is -0.473. The van der Waals surface area contributed by atoms with Crippen LogP contribution < -0.4 is 0 Å². The number of ketones is 1. The summed E-state index contributed by atoms with van der Waals surface area (Å²) >= 11 is 0. The van der Waals surface area contributed by atoms with Gasteiger partial charge in [-0.1, -0.05) is 0 Å². The molecule has 0 bridgehead atoms. The van der Waals surface area contributed by atoms with Gasteiger partial charge in [0, 0.05) is 19.0 Å². The van der Waals surface area contributed by atoms with E-state index in [1.54, 1.807) is 0 Å². The van der Waals surface area contributed by atoms with Crippen molar-refractivity contribution in [3.63, 3.8) is 0 Å². The molecule has 0 N–H and O–H groups in total. The van der Waals surface area contributed by atoms with Crippen molar-refractivity contribution in [2.45, 2.75) is 0 Å². The second kappa shape index (κ2) is 1.81. The van der Waals surface area contributed by atoms with Crippen LogP contribution in [0.2, 0.25) is 0 Å². The number of rotatable bonds is 1. The molecule has 0 aromatic heterocycles. The van der Waals surface area contributed by atoms with Crippen molar-refractivity contribution in [1.29, 1.82) is 0 Å². The lowest BCUT2D eigenvalue weighted by Crippen LogP contribution is -2.20. The van der Waals surface area contributed by atoms with E-state index in [-0.39, 0.29) is 0 Å². The summed E-state index contributed by atoms with van der Waals surface area (Å²) in [6.45, 7) is 3.08. The maximum absolute atomic E-state index is 10.5. The van der Waals surface area contributed by atoms with Crippen LogP contribution in [0.4, 0.5) is 0 Å². The van der Waals surface area contributed by atoms with Gasteiger partial charge in [0.2, 0.25) is 5.78 Å². The average Bonchev–Trinajstić information content (AvgIpc) is 2.15. The molecule has 0 aromatic rings. The third-order valence-corrected chi connectivity index (χ3v) is 0.938. The van der Waals surface area contributed by atoms with Crippen molar-refractivity contribution in [2.75, 3.05) is 0 Å². The van der Waals surface area contributed by atoms with E-state index in [0.29, 0.717) is 0 Å². The van der Waals surface area contributed by atoms with E-state index in [2.05, 4.69) is 11.8 Å². The number of amides is 1. The van der Waals surface area contributed by atoms with E-state index < -0.39 is 11.7 Å². The first-order chi connectivity index (χ1) is 4.25. The third kappa shape index (κ3) is 0.739. The van der Waals surface area contributed by atoms with Gasteiger partial charge in [0.05, 0.1) is 0 Å². The summed E-state index contributed by atoms with van der Waals surface area (Å²) in [6, 6.07) is 0. The van der Waals surface area contributed by atoms with Crippen LogP contribution in [0.15, 0.2) is 17.4 Å². The van der Waals surface area contributed by atoms with Crippen LogP contribution in [-0.4, -0.2) is 23.4 Å². The van der Waals surface area contributed by atoms with E-state index in [1.165, 1.54) is 6.20 Å². The van der Waals surface area contributed by atoms with Crippen LogP contribution in [0.5, 0.6) is 0 Å². The minimum Gasteiger partial charge on any atom is -0.284 e. The molecule has 0 spiro atoms. The molecule has 0 fully saturated rings. The highest BCUT2D eigenvalue weighted by molar-refractivity contribution is 6.42. The molecule has 0 saturated carbocycles. The van der Waals surface area contributed by atoms with Gasteiger partial charge in [0.1, 0.15) is 0 Å². The monoisotopic (exact) mass is 124 g/mol. The molecule has 4 nitrogen and oxygen atoms in total. The Bertz CT molecular complexity index is 207. The predicted molar refractivity (Wildman–Crippen MR) is 30.5 cm³/mol. The van der Waals surface area contributed by atoms with Gasteiger partial charge in [0.15, 0.2) is 0 Å². The fourth-order valence-corrected chi connectivity index (χ4v) is 0.502. The number of nitrogens with zero attached hydrogens (tertiary/aromatic N) is 2. The summed E-state index contributed by atoms with van der Waals surface area (Å²) in [6.07, 6.45) is 2.43. The fourth-order valence-electron chi connectivity index (χ4n) is 0.502. The molecule has 0 unspecified atom stereocenters. The lowest BCUT2D eigenvalue weighted by molar-refractivity contribution is -0.138. The summed E-state index contributed by atoms with van der Waals surface area (Å²) in [5, 5.41) is 4.14. The largest absolute Gasteiger partial charge is 0.318 e. The zero-order valence-corrected chi connectivity index (χ0v) is 4.57. The maximum Gasteiger partial charge on any atom is 0.318 e. The summed E-state index contributed by atoms with van der Waals surface area (Å²) < 4.78 is 0. The molecule has 1 amide bonds. The molecule has 9 heavy (non-hydrogen) atoms. The van der Waals surface area contributed by atoms with Crippen molar-refractivity contribution >= 4 is 18.4 Å². The lowest BCUT2D eigenvalue weighted by Gasteiger charge is -1.99. The minimum absolute atomic E-state index is 0.553. The number of hydrazone groups is 1. The van der Waals surface area contributed by atoms with E-state index in [1.807, 2.05) is 0 Å². The minimum atomic E-state index is -0.648. The first-order valence-corrected chi connectivity index (χ1v) is 2.28. The molecular weight excluding hydrogens is 120 g/mol. The van der Waals surface area contributed by atoms with Gasteiger partial charge in [-0.2, -0.15) is 5.10 Å². The Kier molecular flexibility index (Phi) is 1.14. The second-order valence-electron chi connectivity index (χ2n) is 1.47. The Labute approximate surface area is 51.5 Å². The average molecular weight is 124 g/mol. The van der Waals surface area contributed by atoms with Gasteiger partial charge in [-0.05, 0) is 0 Å². The quantitative estimate of drug-likeness (QED) is 0.350. The van der Waals surface area contributed by atoms with E-state index in [0.717, 1.165) is 11.1 Å². The molecule has 0 aromatic carbocycles. The molecule has 1 heterocycles. The molecule has 0 aliphatic carbocycles. The fraction of sp³-hybridized carbons (Fsp3) is 0. The van der Waals surface area contributed by atoms with E-state index in [9.17, 15) is 9.59 Å². The van der Waals surface area contributed by atoms with Crippen LogP contribution in [0.1, 0.15) is 0 Å². The van der Waals surface area contributed by atoms with Crippen molar-refractivity contribution in [3.05, 3.63) is 12.3 Å². The highest BCUT2D eigenvalue weighted by Crippen LogP contribution is 2.01. The number of hydrogen-bond donors (Lipinski definition) is 0. The summed E-state index contributed by atoms with van der Waals surface area (Å²) in [7, 11) is 0. The van der Waals surface area contributed by atoms with Gasteiger partial charge in [0.25, 0.3) is 0 Å². The van der Waals surface area contributed by atoms with Crippen LogP contribution in [0, 0.1) is 0 Å². The first kappa shape index (κ1) is 5.68. The molecule has 46 valence electrons. The van der Waals surface area contributed by atoms with Crippen LogP contribution in [0.25, 0.3) is 0 Å². The van der Waals surface area contributed by atoms with Crippen molar-refractivity contribution in [2.24, 2.45) is 5.10 Å². The summed E-state index contributed by atoms with van der Waals surface area (Å²) in [5.41, 5.74) is 0. The molecular formula is C5H4N2O2.